The van der Waals surface area contributed by atoms with Crippen molar-refractivity contribution in [1.82, 2.24) is 9.38 Å². The fourth-order valence-corrected chi connectivity index (χ4v) is 3.14. The summed E-state index contributed by atoms with van der Waals surface area (Å²) in [5, 5.41) is 0. The molecule has 27 heavy (non-hydrogen) atoms. The molecule has 0 aliphatic carbocycles. The molecule has 0 saturated carbocycles. The molecule has 0 aliphatic rings. The van der Waals surface area contributed by atoms with Crippen LogP contribution in [0.15, 0.2) is 71.5 Å². The summed E-state index contributed by atoms with van der Waals surface area (Å²) in [6.45, 7) is 0. The molecule has 7 heteroatoms. The number of halogens is 2. The Balaban J connectivity index is 0.00000131. The van der Waals surface area contributed by atoms with Gasteiger partial charge in [0.25, 0.3) is 0 Å². The quantitative estimate of drug-likeness (QED) is 0.354. The van der Waals surface area contributed by atoms with Crippen molar-refractivity contribution in [1.29, 1.82) is 0 Å². The molecule has 4 nitrogen and oxygen atoms in total. The largest absolute Gasteiger partial charge is 1.00 e. The van der Waals surface area contributed by atoms with Crippen molar-refractivity contribution in [3.05, 3.63) is 82.8 Å². The van der Waals surface area contributed by atoms with E-state index in [1.54, 1.807) is 35.0 Å². The van der Waals surface area contributed by atoms with Gasteiger partial charge in [0, 0.05) is 16.2 Å². The molecule has 0 fully saturated rings. The number of benzene rings is 2. The first-order chi connectivity index (χ1) is 12.2. The predicted octanol–water partition coefficient (Wildman–Crippen LogP) is 1.85. The zero-order valence-corrected chi connectivity index (χ0v) is 19.1. The maximum absolute atomic E-state index is 14.3. The van der Waals surface area contributed by atoms with E-state index in [0.717, 1.165) is 11.1 Å². The van der Waals surface area contributed by atoms with Crippen LogP contribution in [0, 0.1) is 5.82 Å². The summed E-state index contributed by atoms with van der Waals surface area (Å²) < 4.78 is 16.7. The third-order valence-corrected chi connectivity index (χ3v) is 4.45. The minimum absolute atomic E-state index is 0. The Morgan fingerprint density at radius 1 is 1.00 bits per heavy atom. The van der Waals surface area contributed by atoms with Gasteiger partial charge in [-0.3, -0.25) is 0 Å². The van der Waals surface area contributed by atoms with Gasteiger partial charge >= 0.3 is 51.4 Å². The van der Waals surface area contributed by atoms with E-state index < -0.39 is 0 Å². The van der Waals surface area contributed by atoms with Crippen LogP contribution in [-0.2, 0) is 4.79 Å². The first kappa shape index (κ1) is 22.1. The molecule has 0 bridgehead atoms. The first-order valence-electron chi connectivity index (χ1n) is 7.57. The van der Waals surface area contributed by atoms with E-state index in [2.05, 4.69) is 20.9 Å². The number of hydrogen-bond donors (Lipinski definition) is 0. The number of imidazole rings is 1. The van der Waals surface area contributed by atoms with Crippen LogP contribution >= 0.6 is 15.9 Å². The molecule has 0 atom stereocenters. The van der Waals surface area contributed by atoms with Crippen LogP contribution in [0.4, 0.5) is 4.39 Å². The van der Waals surface area contributed by atoms with Crippen molar-refractivity contribution in [2.45, 2.75) is 0 Å². The summed E-state index contributed by atoms with van der Waals surface area (Å²) in [5.74, 6) is -0.360. The molecule has 0 unspecified atom stereocenters. The van der Waals surface area contributed by atoms with Gasteiger partial charge in [-0.2, -0.15) is 0 Å². The van der Waals surface area contributed by atoms with E-state index in [4.69, 9.17) is 0 Å². The topological polar surface area (TPSA) is 64.4 Å². The second-order valence-electron chi connectivity index (χ2n) is 5.59. The maximum Gasteiger partial charge on any atom is 1.00 e. The number of fused-ring (bicyclic) bond motifs is 1. The first-order valence-corrected chi connectivity index (χ1v) is 8.37. The van der Waals surface area contributed by atoms with Gasteiger partial charge in [0.1, 0.15) is 11.5 Å². The number of nitrogens with zero attached hydrogens (tertiary/aromatic N) is 2. The summed E-state index contributed by atoms with van der Waals surface area (Å²) >= 11 is 3.26. The SMILES string of the molecule is O=[C-]c1cc(-c2ccccc2)c2nc(-c3ccc(Br)cc3F)cn2c1.[K+].[OH-]. The van der Waals surface area contributed by atoms with Gasteiger partial charge in [0.15, 0.2) is 0 Å². The molecule has 2 aromatic heterocycles. The fourth-order valence-electron chi connectivity index (χ4n) is 2.81. The summed E-state index contributed by atoms with van der Waals surface area (Å²) in [7, 11) is 0. The second-order valence-corrected chi connectivity index (χ2v) is 6.51. The van der Waals surface area contributed by atoms with Gasteiger partial charge in [-0.15, -0.1) is 11.6 Å². The molecule has 4 rings (SSSR count). The van der Waals surface area contributed by atoms with Gasteiger partial charge in [-0.05, 0) is 29.3 Å². The van der Waals surface area contributed by atoms with Crippen LogP contribution in [-0.4, -0.2) is 21.1 Å². The van der Waals surface area contributed by atoms with Crippen LogP contribution in [0.3, 0.4) is 0 Å². The van der Waals surface area contributed by atoms with Gasteiger partial charge in [-0.25, -0.2) is 9.37 Å². The number of rotatable bonds is 3. The van der Waals surface area contributed by atoms with Gasteiger partial charge < -0.3 is 14.7 Å². The van der Waals surface area contributed by atoms with E-state index in [-0.39, 0.29) is 62.7 Å². The number of pyridine rings is 1. The van der Waals surface area contributed by atoms with E-state index >= 15 is 0 Å². The van der Waals surface area contributed by atoms with E-state index in [1.807, 2.05) is 36.6 Å². The molecule has 2 aromatic carbocycles. The molecular weight excluding hydrogens is 438 g/mol. The summed E-state index contributed by atoms with van der Waals surface area (Å²) in [5.41, 5.74) is 3.70. The minimum Gasteiger partial charge on any atom is -0.870 e. The minimum atomic E-state index is -0.360. The van der Waals surface area contributed by atoms with Crippen molar-refractivity contribution in [2.75, 3.05) is 0 Å². The van der Waals surface area contributed by atoms with E-state index in [9.17, 15) is 9.18 Å². The van der Waals surface area contributed by atoms with Crippen LogP contribution < -0.4 is 51.4 Å². The van der Waals surface area contributed by atoms with Crippen LogP contribution in [0.5, 0.6) is 0 Å². The maximum atomic E-state index is 14.3. The second kappa shape index (κ2) is 9.34. The molecule has 1 N–H and O–H groups in total. The average Bonchev–Trinajstić information content (AvgIpc) is 3.05. The Bertz CT molecular complexity index is 1100. The summed E-state index contributed by atoms with van der Waals surface area (Å²) in [6, 6.07) is 16.2. The monoisotopic (exact) mass is 449 g/mol. The zero-order chi connectivity index (χ0) is 17.4. The van der Waals surface area contributed by atoms with Crippen LogP contribution in [0.25, 0.3) is 28.0 Å². The molecule has 0 saturated heterocycles. The van der Waals surface area contributed by atoms with E-state index in [1.165, 1.54) is 6.07 Å². The number of carbonyl (C=O) groups excluding carboxylic acids is 1. The van der Waals surface area contributed by atoms with Crippen molar-refractivity contribution in [3.63, 3.8) is 0 Å². The number of hydrogen-bond acceptors (Lipinski definition) is 3. The molecule has 130 valence electrons. The van der Waals surface area contributed by atoms with Crippen molar-refractivity contribution >= 4 is 27.9 Å². The molecule has 0 spiro atoms. The molecule has 0 amide bonds. The number of aromatic nitrogens is 2. The van der Waals surface area contributed by atoms with Gasteiger partial charge in [0.2, 0.25) is 0 Å². The van der Waals surface area contributed by atoms with Crippen LogP contribution in [0.2, 0.25) is 0 Å². The molecule has 0 radical (unpaired) electrons. The Hall–Kier alpha value is -1.19. The van der Waals surface area contributed by atoms with Crippen molar-refractivity contribution in [3.8, 4) is 22.4 Å². The average molecular weight is 450 g/mol. The van der Waals surface area contributed by atoms with Crippen molar-refractivity contribution in [2.24, 2.45) is 0 Å². The molecule has 4 aromatic rings. The third kappa shape index (κ3) is 4.46. The standard InChI is InChI=1S/C20H11BrFN2O.K.H2O/c21-15-6-7-16(18(22)9-15)19-11-24-10-13(12-25)8-17(20(24)23-19)14-4-2-1-3-5-14;;/h1-11H;;1H2/q-1;+1;/p-1. The molecular formula is C20H12BrFKN2O2-. The Kier molecular flexibility index (Phi) is 7.64. The Labute approximate surface area is 206 Å². The fraction of sp³-hybridized carbons (Fsp3) is 0. The van der Waals surface area contributed by atoms with Crippen LogP contribution in [0.1, 0.15) is 5.56 Å². The molecule has 2 heterocycles. The van der Waals surface area contributed by atoms with Gasteiger partial charge in [0.05, 0.1) is 12.0 Å². The Morgan fingerprint density at radius 3 is 2.41 bits per heavy atom. The van der Waals surface area contributed by atoms with E-state index in [0.29, 0.717) is 26.9 Å². The third-order valence-electron chi connectivity index (χ3n) is 3.96. The zero-order valence-electron chi connectivity index (χ0n) is 14.4. The normalized spacial score (nSPS) is 10.1. The Morgan fingerprint density at radius 2 is 1.74 bits per heavy atom. The predicted molar refractivity (Wildman–Crippen MR) is 100 cm³/mol. The summed E-state index contributed by atoms with van der Waals surface area (Å²) in [6.07, 6.45) is 5.28. The molecule has 0 aliphatic heterocycles. The van der Waals surface area contributed by atoms with Gasteiger partial charge in [-0.1, -0.05) is 52.5 Å². The van der Waals surface area contributed by atoms with Crippen molar-refractivity contribution < 1.29 is 66.0 Å². The smallest absolute Gasteiger partial charge is 0.870 e. The summed E-state index contributed by atoms with van der Waals surface area (Å²) in [4.78, 5) is 15.8.